The first-order valence-electron chi connectivity index (χ1n) is 11.2. The highest BCUT2D eigenvalue weighted by atomic mass is 16.5. The van der Waals surface area contributed by atoms with Crippen molar-refractivity contribution in [2.24, 2.45) is 0 Å². The SMILES string of the molecule is COc1ccc(C(c2ccc(OC)cc2)c2ccc(=O)n(CCCc3ccccc3)c2)cc1. The number of nitrogens with zero attached hydrogens (tertiary/aromatic N) is 1. The fraction of sp³-hybridized carbons (Fsp3) is 0.207. The van der Waals surface area contributed by atoms with E-state index in [0.717, 1.165) is 41.0 Å². The van der Waals surface area contributed by atoms with Gasteiger partial charge in [-0.1, -0.05) is 60.7 Å². The van der Waals surface area contributed by atoms with Crippen LogP contribution in [0.4, 0.5) is 0 Å². The van der Waals surface area contributed by atoms with E-state index >= 15 is 0 Å². The predicted octanol–water partition coefficient (Wildman–Crippen LogP) is 5.68. The lowest BCUT2D eigenvalue weighted by atomic mass is 9.86. The molecule has 4 nitrogen and oxygen atoms in total. The van der Waals surface area contributed by atoms with E-state index in [0.29, 0.717) is 6.54 Å². The van der Waals surface area contributed by atoms with Crippen molar-refractivity contribution in [1.29, 1.82) is 0 Å². The van der Waals surface area contributed by atoms with Gasteiger partial charge in [0, 0.05) is 24.7 Å². The zero-order valence-electron chi connectivity index (χ0n) is 19.1. The quantitative estimate of drug-likeness (QED) is 0.337. The standard InChI is InChI=1S/C29H29NO3/c1-32-26-15-10-23(11-16-26)29(24-12-17-27(33-2)18-13-24)25-14-19-28(31)30(21-25)20-6-9-22-7-4-3-5-8-22/h3-5,7-8,10-19,21,29H,6,9,20H2,1-2H3. The van der Waals surface area contributed by atoms with Crippen molar-refractivity contribution in [3.8, 4) is 11.5 Å². The highest BCUT2D eigenvalue weighted by Gasteiger charge is 2.18. The van der Waals surface area contributed by atoms with Crippen molar-refractivity contribution in [2.75, 3.05) is 14.2 Å². The molecule has 0 aliphatic carbocycles. The molecule has 0 fully saturated rings. The summed E-state index contributed by atoms with van der Waals surface area (Å²) < 4.78 is 12.5. The lowest BCUT2D eigenvalue weighted by Gasteiger charge is -2.20. The Morgan fingerprint density at radius 1 is 0.697 bits per heavy atom. The molecular formula is C29H29NO3. The van der Waals surface area contributed by atoms with Gasteiger partial charge in [0.1, 0.15) is 11.5 Å². The first-order valence-corrected chi connectivity index (χ1v) is 11.2. The third-order valence-electron chi connectivity index (χ3n) is 5.95. The number of aryl methyl sites for hydroxylation is 2. The molecule has 0 radical (unpaired) electrons. The van der Waals surface area contributed by atoms with Gasteiger partial charge in [-0.15, -0.1) is 0 Å². The summed E-state index contributed by atoms with van der Waals surface area (Å²) in [5, 5.41) is 0. The highest BCUT2D eigenvalue weighted by molar-refractivity contribution is 5.45. The van der Waals surface area contributed by atoms with Crippen LogP contribution in [0.1, 0.15) is 34.6 Å². The van der Waals surface area contributed by atoms with Gasteiger partial charge in [-0.3, -0.25) is 4.79 Å². The largest absolute Gasteiger partial charge is 0.497 e. The molecule has 3 aromatic carbocycles. The molecule has 0 N–H and O–H groups in total. The molecule has 168 valence electrons. The molecule has 0 unspecified atom stereocenters. The zero-order valence-corrected chi connectivity index (χ0v) is 19.1. The van der Waals surface area contributed by atoms with Crippen LogP contribution < -0.4 is 15.0 Å². The van der Waals surface area contributed by atoms with E-state index in [9.17, 15) is 4.79 Å². The maximum Gasteiger partial charge on any atom is 0.250 e. The third kappa shape index (κ3) is 5.53. The molecule has 4 rings (SSSR count). The summed E-state index contributed by atoms with van der Waals surface area (Å²) >= 11 is 0. The smallest absolute Gasteiger partial charge is 0.250 e. The molecule has 0 atom stereocenters. The van der Waals surface area contributed by atoms with Crippen molar-refractivity contribution < 1.29 is 9.47 Å². The predicted molar refractivity (Wildman–Crippen MR) is 132 cm³/mol. The summed E-state index contributed by atoms with van der Waals surface area (Å²) in [6, 6.07) is 30.2. The molecule has 1 aromatic heterocycles. The Morgan fingerprint density at radius 3 is 1.79 bits per heavy atom. The molecule has 0 spiro atoms. The second-order valence-corrected chi connectivity index (χ2v) is 8.06. The van der Waals surface area contributed by atoms with Crippen molar-refractivity contribution in [2.45, 2.75) is 25.3 Å². The first-order chi connectivity index (χ1) is 16.2. The minimum absolute atomic E-state index is 0.0113. The summed E-state index contributed by atoms with van der Waals surface area (Å²) in [6.07, 6.45) is 3.85. The lowest BCUT2D eigenvalue weighted by Crippen LogP contribution is -2.20. The van der Waals surface area contributed by atoms with Crippen molar-refractivity contribution >= 4 is 0 Å². The molecule has 0 aliphatic heterocycles. The Labute approximate surface area is 195 Å². The van der Waals surface area contributed by atoms with E-state index in [4.69, 9.17) is 9.47 Å². The number of hydrogen-bond donors (Lipinski definition) is 0. The van der Waals surface area contributed by atoms with Crippen LogP contribution in [0.5, 0.6) is 11.5 Å². The van der Waals surface area contributed by atoms with E-state index in [1.807, 2.05) is 47.2 Å². The van der Waals surface area contributed by atoms with E-state index in [2.05, 4.69) is 48.5 Å². The van der Waals surface area contributed by atoms with Crippen LogP contribution in [0.25, 0.3) is 0 Å². The Morgan fingerprint density at radius 2 is 1.24 bits per heavy atom. The van der Waals surface area contributed by atoms with Crippen LogP contribution in [-0.4, -0.2) is 18.8 Å². The second-order valence-electron chi connectivity index (χ2n) is 8.06. The molecule has 0 saturated carbocycles. The minimum atomic E-state index is -0.0113. The summed E-state index contributed by atoms with van der Waals surface area (Å²) in [5.41, 5.74) is 4.65. The van der Waals surface area contributed by atoms with Crippen molar-refractivity contribution in [1.82, 2.24) is 4.57 Å². The van der Waals surface area contributed by atoms with Crippen molar-refractivity contribution in [3.63, 3.8) is 0 Å². The monoisotopic (exact) mass is 439 g/mol. The van der Waals surface area contributed by atoms with Gasteiger partial charge in [0.25, 0.3) is 5.56 Å². The molecule has 4 aromatic rings. The van der Waals surface area contributed by atoms with Crippen LogP contribution in [-0.2, 0) is 13.0 Å². The van der Waals surface area contributed by atoms with E-state index in [1.165, 1.54) is 5.56 Å². The van der Waals surface area contributed by atoms with Gasteiger partial charge < -0.3 is 14.0 Å². The summed E-state index contributed by atoms with van der Waals surface area (Å²) in [5.74, 6) is 1.62. The average molecular weight is 440 g/mol. The van der Waals surface area contributed by atoms with Gasteiger partial charge >= 0.3 is 0 Å². The van der Waals surface area contributed by atoms with Crippen LogP contribution in [0.3, 0.4) is 0 Å². The Balaban J connectivity index is 1.65. The number of aromatic nitrogens is 1. The van der Waals surface area contributed by atoms with Gasteiger partial charge in [0.15, 0.2) is 0 Å². The molecular weight excluding hydrogens is 410 g/mol. The summed E-state index contributed by atoms with van der Waals surface area (Å²) in [6.45, 7) is 0.680. The average Bonchev–Trinajstić information content (AvgIpc) is 2.87. The van der Waals surface area contributed by atoms with Gasteiger partial charge in [-0.05, 0) is 59.4 Å². The van der Waals surface area contributed by atoms with Gasteiger partial charge in [-0.25, -0.2) is 0 Å². The summed E-state index contributed by atoms with van der Waals surface area (Å²) in [7, 11) is 3.34. The molecule has 0 bridgehead atoms. The Hall–Kier alpha value is -3.79. The fourth-order valence-corrected chi connectivity index (χ4v) is 4.16. The summed E-state index contributed by atoms with van der Waals surface area (Å²) in [4.78, 5) is 12.6. The Kier molecular flexibility index (Phi) is 7.26. The van der Waals surface area contributed by atoms with Gasteiger partial charge in [-0.2, -0.15) is 0 Å². The number of benzene rings is 3. The fourth-order valence-electron chi connectivity index (χ4n) is 4.16. The molecule has 0 aliphatic rings. The molecule has 33 heavy (non-hydrogen) atoms. The number of ether oxygens (including phenoxy) is 2. The van der Waals surface area contributed by atoms with Crippen LogP contribution in [0.2, 0.25) is 0 Å². The van der Waals surface area contributed by atoms with Crippen LogP contribution in [0, 0.1) is 0 Å². The van der Waals surface area contributed by atoms with E-state index in [1.54, 1.807) is 20.3 Å². The van der Waals surface area contributed by atoms with E-state index < -0.39 is 0 Å². The normalized spacial score (nSPS) is 10.9. The van der Waals surface area contributed by atoms with Crippen LogP contribution in [0.15, 0.2) is 102 Å². The van der Waals surface area contributed by atoms with Crippen LogP contribution >= 0.6 is 0 Å². The number of methoxy groups -OCH3 is 2. The molecule has 0 saturated heterocycles. The molecule has 0 amide bonds. The zero-order chi connectivity index (χ0) is 23.0. The number of pyridine rings is 1. The maximum atomic E-state index is 12.6. The second kappa shape index (κ2) is 10.7. The minimum Gasteiger partial charge on any atom is -0.497 e. The van der Waals surface area contributed by atoms with Crippen molar-refractivity contribution in [3.05, 3.63) is 130 Å². The molecule has 4 heteroatoms. The Bertz CT molecular complexity index is 1160. The molecule has 1 heterocycles. The van der Waals surface area contributed by atoms with E-state index in [-0.39, 0.29) is 11.5 Å². The van der Waals surface area contributed by atoms with Gasteiger partial charge in [0.2, 0.25) is 0 Å². The van der Waals surface area contributed by atoms with Gasteiger partial charge in [0.05, 0.1) is 14.2 Å². The topological polar surface area (TPSA) is 40.5 Å². The highest BCUT2D eigenvalue weighted by Crippen LogP contribution is 2.33. The number of rotatable bonds is 9. The number of hydrogen-bond acceptors (Lipinski definition) is 3. The maximum absolute atomic E-state index is 12.6. The first kappa shape index (κ1) is 22.4. The lowest BCUT2D eigenvalue weighted by molar-refractivity contribution is 0.414. The third-order valence-corrected chi connectivity index (χ3v) is 5.95.